The molecule has 0 bridgehead atoms. The molecule has 0 amide bonds. The minimum atomic E-state index is -0.0270. The molecule has 0 saturated carbocycles. The molecule has 0 atom stereocenters. The summed E-state index contributed by atoms with van der Waals surface area (Å²) in [6.45, 7) is 9.75. The predicted molar refractivity (Wildman–Crippen MR) is 178 cm³/mol. The van der Waals surface area contributed by atoms with Crippen molar-refractivity contribution < 1.29 is 28.0 Å². The number of likely N-dealkylation sites (N-methyl/N-ethyl adjacent to an activating group) is 2. The van der Waals surface area contributed by atoms with Crippen LogP contribution in [0.3, 0.4) is 0 Å². The van der Waals surface area contributed by atoms with Crippen LogP contribution in [0.25, 0.3) is 0 Å². The van der Waals surface area contributed by atoms with Crippen molar-refractivity contribution in [3.05, 3.63) is 12.2 Å². The van der Waals surface area contributed by atoms with Crippen LogP contribution in [0.4, 0.5) is 0 Å². The van der Waals surface area contributed by atoms with Gasteiger partial charge < -0.3 is 18.4 Å². The van der Waals surface area contributed by atoms with Crippen molar-refractivity contribution in [3.8, 4) is 0 Å². The highest BCUT2D eigenvalue weighted by molar-refractivity contribution is 5.69. The maximum Gasteiger partial charge on any atom is 0.305 e. The lowest BCUT2D eigenvalue weighted by Gasteiger charge is -2.30. The van der Waals surface area contributed by atoms with E-state index in [2.05, 4.69) is 54.2 Å². The van der Waals surface area contributed by atoms with Gasteiger partial charge in [-0.15, -0.1) is 0 Å². The topological polar surface area (TPSA) is 52.6 Å². The van der Waals surface area contributed by atoms with Gasteiger partial charge in [0.1, 0.15) is 0 Å². The number of hydrogen-bond donors (Lipinski definition) is 0. The fourth-order valence-electron chi connectivity index (χ4n) is 5.16. The first kappa shape index (κ1) is 40.6. The highest BCUT2D eigenvalue weighted by Gasteiger charge is 2.15. The summed E-state index contributed by atoms with van der Waals surface area (Å²) < 4.78 is 12.8. The number of rotatable bonds is 30. The van der Waals surface area contributed by atoms with Gasteiger partial charge in [-0.25, -0.2) is 0 Å². The molecular weight excluding hydrogens is 524 g/mol. The van der Waals surface area contributed by atoms with Crippen LogP contribution in [0.15, 0.2) is 12.2 Å². The van der Waals surface area contributed by atoms with Gasteiger partial charge in [0.2, 0.25) is 0 Å². The normalized spacial score (nSPS) is 12.2. The summed E-state index contributed by atoms with van der Waals surface area (Å²) in [7, 11) is 9.08. The lowest BCUT2D eigenvalue weighted by Crippen LogP contribution is -2.42. The molecule has 0 saturated heterocycles. The molecule has 0 unspecified atom stereocenters. The van der Waals surface area contributed by atoms with Crippen molar-refractivity contribution in [2.75, 3.05) is 67.6 Å². The molecule has 0 aliphatic carbocycles. The van der Waals surface area contributed by atoms with Gasteiger partial charge in [-0.1, -0.05) is 90.9 Å². The Morgan fingerprint density at radius 2 is 0.810 bits per heavy atom. The zero-order valence-corrected chi connectivity index (χ0v) is 29.1. The van der Waals surface area contributed by atoms with E-state index in [0.717, 1.165) is 86.5 Å². The Bertz CT molecular complexity index is 619. The maximum atomic E-state index is 11.9. The summed E-state index contributed by atoms with van der Waals surface area (Å²) in [6.07, 6.45) is 26.9. The Labute approximate surface area is 261 Å². The standard InChI is InChI=1S/C36H72N2O4/c1-7-9-11-13-15-17-19-27-35(39)41-33-25-23-31-37(3,4)29-21-22-30-38(5,6)32-24-26-34-42-36(40)28-20-18-16-14-12-10-8-2/h21-22H,7-20,23-34H2,1-6H3/q+2/b22-21+. The van der Waals surface area contributed by atoms with Gasteiger partial charge >= 0.3 is 11.9 Å². The average molecular weight is 597 g/mol. The molecule has 0 heterocycles. The predicted octanol–water partition coefficient (Wildman–Crippen LogP) is 8.62. The van der Waals surface area contributed by atoms with Gasteiger partial charge in [0.05, 0.1) is 67.6 Å². The van der Waals surface area contributed by atoms with Gasteiger partial charge in [-0.05, 0) is 50.7 Å². The van der Waals surface area contributed by atoms with E-state index < -0.39 is 0 Å². The first-order valence-electron chi connectivity index (χ1n) is 17.7. The number of hydrogen-bond acceptors (Lipinski definition) is 4. The highest BCUT2D eigenvalue weighted by Crippen LogP contribution is 2.11. The smallest absolute Gasteiger partial charge is 0.305 e. The molecule has 0 radical (unpaired) electrons. The number of carbonyl (C=O) groups is 2. The lowest BCUT2D eigenvalue weighted by atomic mass is 10.1. The van der Waals surface area contributed by atoms with Crippen LogP contribution in [-0.4, -0.2) is 88.5 Å². The van der Waals surface area contributed by atoms with Crippen molar-refractivity contribution in [1.29, 1.82) is 0 Å². The molecule has 0 aromatic rings. The number of unbranched alkanes of at least 4 members (excludes halogenated alkanes) is 14. The molecule has 0 fully saturated rings. The second-order valence-electron chi connectivity index (χ2n) is 13.8. The molecule has 0 aliphatic rings. The van der Waals surface area contributed by atoms with Crippen molar-refractivity contribution in [2.24, 2.45) is 0 Å². The van der Waals surface area contributed by atoms with E-state index in [4.69, 9.17) is 9.47 Å². The summed E-state index contributed by atoms with van der Waals surface area (Å²) in [4.78, 5) is 23.9. The molecule has 0 rings (SSSR count). The summed E-state index contributed by atoms with van der Waals surface area (Å²) in [6, 6.07) is 0. The molecular formula is C36H72N2O4+2. The molecule has 0 aromatic carbocycles. The fourth-order valence-corrected chi connectivity index (χ4v) is 5.16. The number of quaternary nitrogens is 2. The van der Waals surface area contributed by atoms with Crippen molar-refractivity contribution >= 4 is 11.9 Å². The minimum Gasteiger partial charge on any atom is -0.466 e. The van der Waals surface area contributed by atoms with Crippen molar-refractivity contribution in [3.63, 3.8) is 0 Å². The number of carbonyl (C=O) groups excluding carboxylic acids is 2. The van der Waals surface area contributed by atoms with Gasteiger partial charge in [-0.2, -0.15) is 0 Å². The summed E-state index contributed by atoms with van der Waals surface area (Å²) >= 11 is 0. The Hall–Kier alpha value is -1.40. The SMILES string of the molecule is CCCCCCCCCC(=O)OCCCC[N+](C)(C)C/C=C/C[N+](C)(C)CCCCOC(=O)CCCCCCCCC. The third-order valence-electron chi connectivity index (χ3n) is 8.18. The third-order valence-corrected chi connectivity index (χ3v) is 8.18. The van der Waals surface area contributed by atoms with Crippen molar-refractivity contribution in [1.82, 2.24) is 0 Å². The van der Waals surface area contributed by atoms with Crippen LogP contribution in [0.1, 0.15) is 142 Å². The minimum absolute atomic E-state index is 0.0270. The molecule has 0 N–H and O–H groups in total. The van der Waals surface area contributed by atoms with E-state index in [1.54, 1.807) is 0 Å². The average Bonchev–Trinajstić information content (AvgIpc) is 2.94. The molecule has 42 heavy (non-hydrogen) atoms. The maximum absolute atomic E-state index is 11.9. The molecule has 0 aromatic heterocycles. The molecule has 0 aliphatic heterocycles. The Morgan fingerprint density at radius 3 is 1.17 bits per heavy atom. The lowest BCUT2D eigenvalue weighted by molar-refractivity contribution is -0.887. The second-order valence-corrected chi connectivity index (χ2v) is 13.8. The number of nitrogens with zero attached hydrogens (tertiary/aromatic N) is 2. The third kappa shape index (κ3) is 28.7. The van der Waals surface area contributed by atoms with Crippen LogP contribution in [-0.2, 0) is 19.1 Å². The summed E-state index contributed by atoms with van der Waals surface area (Å²) in [5.41, 5.74) is 0. The quantitative estimate of drug-likeness (QED) is 0.0360. The molecule has 248 valence electrons. The molecule has 6 nitrogen and oxygen atoms in total. The largest absolute Gasteiger partial charge is 0.466 e. The van der Waals surface area contributed by atoms with Gasteiger partial charge in [0, 0.05) is 12.8 Å². The van der Waals surface area contributed by atoms with Crippen molar-refractivity contribution in [2.45, 2.75) is 142 Å². The van der Waals surface area contributed by atoms with Crippen LogP contribution >= 0.6 is 0 Å². The zero-order valence-electron chi connectivity index (χ0n) is 29.1. The van der Waals surface area contributed by atoms with E-state index >= 15 is 0 Å². The molecule has 6 heteroatoms. The van der Waals surface area contributed by atoms with Crippen LogP contribution in [0, 0.1) is 0 Å². The van der Waals surface area contributed by atoms with E-state index in [9.17, 15) is 9.59 Å². The monoisotopic (exact) mass is 597 g/mol. The fraction of sp³-hybridized carbons (Fsp3) is 0.889. The molecule has 0 spiro atoms. The van der Waals surface area contributed by atoms with Crippen LogP contribution in [0.5, 0.6) is 0 Å². The van der Waals surface area contributed by atoms with Crippen LogP contribution < -0.4 is 0 Å². The Balaban J connectivity index is 3.80. The zero-order chi connectivity index (χ0) is 31.4. The first-order valence-corrected chi connectivity index (χ1v) is 17.7. The van der Waals surface area contributed by atoms with E-state index in [1.165, 1.54) is 64.2 Å². The summed E-state index contributed by atoms with van der Waals surface area (Å²) in [5.74, 6) is -0.0541. The Kier molecular flexibility index (Phi) is 26.3. The number of esters is 2. The van der Waals surface area contributed by atoms with Gasteiger partial charge in [0.15, 0.2) is 0 Å². The number of ether oxygens (including phenoxy) is 2. The van der Waals surface area contributed by atoms with Gasteiger partial charge in [0.25, 0.3) is 0 Å². The first-order chi connectivity index (χ1) is 20.1. The van der Waals surface area contributed by atoms with E-state index in [1.807, 2.05) is 0 Å². The van der Waals surface area contributed by atoms with E-state index in [-0.39, 0.29) is 11.9 Å². The highest BCUT2D eigenvalue weighted by atomic mass is 16.5. The van der Waals surface area contributed by atoms with Gasteiger partial charge in [-0.3, -0.25) is 9.59 Å². The second kappa shape index (κ2) is 27.2. The summed E-state index contributed by atoms with van der Waals surface area (Å²) in [5, 5.41) is 0. The van der Waals surface area contributed by atoms with Crippen LogP contribution in [0.2, 0.25) is 0 Å². The Morgan fingerprint density at radius 1 is 0.476 bits per heavy atom. The van der Waals surface area contributed by atoms with E-state index in [0.29, 0.717) is 26.1 Å².